The van der Waals surface area contributed by atoms with Gasteiger partial charge in [-0.1, -0.05) is 35.9 Å². The summed E-state index contributed by atoms with van der Waals surface area (Å²) >= 11 is 6.05. The number of aromatic nitrogens is 2. The SMILES string of the molecule is N#Cc1ccc(Cn2cncc2-c2cccc(Cl)c2)cc1. The maximum absolute atomic E-state index is 8.83. The van der Waals surface area contributed by atoms with Crippen LogP contribution in [0.2, 0.25) is 5.02 Å². The van der Waals surface area contributed by atoms with Crippen LogP contribution in [0.25, 0.3) is 11.3 Å². The predicted octanol–water partition coefficient (Wildman–Crippen LogP) is 4.12. The fraction of sp³-hybridized carbons (Fsp3) is 0.0588. The first-order valence-electron chi connectivity index (χ1n) is 6.51. The van der Waals surface area contributed by atoms with Crippen LogP contribution in [0.4, 0.5) is 0 Å². The third-order valence-electron chi connectivity index (χ3n) is 3.27. The highest BCUT2D eigenvalue weighted by atomic mass is 35.5. The Balaban J connectivity index is 1.90. The molecule has 0 aliphatic heterocycles. The van der Waals surface area contributed by atoms with Gasteiger partial charge in [-0.15, -0.1) is 0 Å². The largest absolute Gasteiger partial charge is 0.326 e. The molecule has 3 aromatic rings. The van der Waals surface area contributed by atoms with Gasteiger partial charge in [0.25, 0.3) is 0 Å². The van der Waals surface area contributed by atoms with Crippen LogP contribution in [0.15, 0.2) is 61.1 Å². The Kier molecular flexibility index (Phi) is 3.72. The Morgan fingerprint density at radius 3 is 2.67 bits per heavy atom. The molecule has 0 spiro atoms. The molecule has 0 aliphatic carbocycles. The molecule has 102 valence electrons. The Labute approximate surface area is 128 Å². The van der Waals surface area contributed by atoms with Gasteiger partial charge in [0, 0.05) is 17.1 Å². The smallest absolute Gasteiger partial charge is 0.0991 e. The Morgan fingerprint density at radius 1 is 1.14 bits per heavy atom. The molecule has 2 aromatic carbocycles. The van der Waals surface area contributed by atoms with Gasteiger partial charge in [-0.05, 0) is 29.8 Å². The van der Waals surface area contributed by atoms with Crippen LogP contribution in [0.5, 0.6) is 0 Å². The molecule has 21 heavy (non-hydrogen) atoms. The van der Waals surface area contributed by atoms with Gasteiger partial charge in [-0.2, -0.15) is 5.26 Å². The lowest BCUT2D eigenvalue weighted by atomic mass is 10.1. The van der Waals surface area contributed by atoms with Gasteiger partial charge in [0.05, 0.1) is 29.9 Å². The highest BCUT2D eigenvalue weighted by molar-refractivity contribution is 6.30. The summed E-state index contributed by atoms with van der Waals surface area (Å²) in [5.41, 5.74) is 3.84. The Morgan fingerprint density at radius 2 is 1.95 bits per heavy atom. The summed E-state index contributed by atoms with van der Waals surface area (Å²) in [6.45, 7) is 0.702. The molecule has 1 aromatic heterocycles. The summed E-state index contributed by atoms with van der Waals surface area (Å²) in [5, 5.41) is 9.53. The van der Waals surface area contributed by atoms with Gasteiger partial charge in [0.15, 0.2) is 0 Å². The fourth-order valence-electron chi connectivity index (χ4n) is 2.22. The molecule has 0 unspecified atom stereocenters. The van der Waals surface area contributed by atoms with Crippen LogP contribution in [0.3, 0.4) is 0 Å². The standard InChI is InChI=1S/C17H12ClN3/c18-16-3-1-2-15(8-16)17-10-20-12-21(17)11-14-6-4-13(9-19)5-7-14/h1-8,10,12H,11H2. The number of hydrogen-bond donors (Lipinski definition) is 0. The number of nitriles is 1. The maximum atomic E-state index is 8.83. The molecule has 1 heterocycles. The first-order chi connectivity index (χ1) is 10.3. The van der Waals surface area contributed by atoms with Crippen molar-refractivity contribution in [2.24, 2.45) is 0 Å². The van der Waals surface area contributed by atoms with E-state index in [1.54, 1.807) is 6.33 Å². The molecule has 0 atom stereocenters. The first kappa shape index (κ1) is 13.4. The van der Waals surface area contributed by atoms with Crippen molar-refractivity contribution >= 4 is 11.6 Å². The summed E-state index contributed by atoms with van der Waals surface area (Å²) in [5.74, 6) is 0. The minimum Gasteiger partial charge on any atom is -0.326 e. The molecular weight excluding hydrogens is 282 g/mol. The predicted molar refractivity (Wildman–Crippen MR) is 82.9 cm³/mol. The van der Waals surface area contributed by atoms with Crippen molar-refractivity contribution in [1.29, 1.82) is 5.26 Å². The van der Waals surface area contributed by atoms with Crippen LogP contribution in [-0.4, -0.2) is 9.55 Å². The van der Waals surface area contributed by atoms with Crippen LogP contribution >= 0.6 is 11.6 Å². The topological polar surface area (TPSA) is 41.6 Å². The lowest BCUT2D eigenvalue weighted by Gasteiger charge is -2.09. The van der Waals surface area contributed by atoms with Gasteiger partial charge >= 0.3 is 0 Å². The van der Waals surface area contributed by atoms with Crippen molar-refractivity contribution in [2.45, 2.75) is 6.54 Å². The molecule has 0 aliphatic rings. The molecule has 0 N–H and O–H groups in total. The van der Waals surface area contributed by atoms with Crippen molar-refractivity contribution in [3.8, 4) is 17.3 Å². The van der Waals surface area contributed by atoms with Crippen molar-refractivity contribution in [3.05, 3.63) is 77.2 Å². The zero-order valence-electron chi connectivity index (χ0n) is 11.2. The zero-order chi connectivity index (χ0) is 14.7. The summed E-state index contributed by atoms with van der Waals surface area (Å²) in [6.07, 6.45) is 3.63. The minimum atomic E-state index is 0.666. The number of halogens is 1. The molecule has 0 saturated carbocycles. The van der Waals surface area contributed by atoms with E-state index in [0.717, 1.165) is 16.8 Å². The van der Waals surface area contributed by atoms with Crippen LogP contribution in [0.1, 0.15) is 11.1 Å². The van der Waals surface area contributed by atoms with Crippen LogP contribution in [0, 0.1) is 11.3 Å². The lowest BCUT2D eigenvalue weighted by Crippen LogP contribution is -2.00. The van der Waals surface area contributed by atoms with E-state index < -0.39 is 0 Å². The van der Waals surface area contributed by atoms with E-state index in [1.165, 1.54) is 0 Å². The molecule has 0 fully saturated rings. The molecular formula is C17H12ClN3. The van der Waals surface area contributed by atoms with E-state index in [0.29, 0.717) is 17.1 Å². The summed E-state index contributed by atoms with van der Waals surface area (Å²) in [6, 6.07) is 17.4. The molecule has 0 radical (unpaired) electrons. The molecule has 4 heteroatoms. The lowest BCUT2D eigenvalue weighted by molar-refractivity contribution is 0.805. The highest BCUT2D eigenvalue weighted by Crippen LogP contribution is 2.23. The number of benzene rings is 2. The van der Waals surface area contributed by atoms with E-state index in [-0.39, 0.29) is 0 Å². The van der Waals surface area contributed by atoms with Crippen molar-refractivity contribution in [2.75, 3.05) is 0 Å². The highest BCUT2D eigenvalue weighted by Gasteiger charge is 2.06. The number of imidazole rings is 1. The fourth-order valence-corrected chi connectivity index (χ4v) is 2.41. The number of hydrogen-bond acceptors (Lipinski definition) is 2. The third-order valence-corrected chi connectivity index (χ3v) is 3.50. The Bertz CT molecular complexity index is 797. The monoisotopic (exact) mass is 293 g/mol. The second kappa shape index (κ2) is 5.82. The quantitative estimate of drug-likeness (QED) is 0.729. The van der Waals surface area contributed by atoms with E-state index >= 15 is 0 Å². The average molecular weight is 294 g/mol. The van der Waals surface area contributed by atoms with Gasteiger partial charge in [0.1, 0.15) is 0 Å². The molecule has 0 bridgehead atoms. The van der Waals surface area contributed by atoms with E-state index in [2.05, 4.69) is 15.6 Å². The summed E-state index contributed by atoms with van der Waals surface area (Å²) in [7, 11) is 0. The normalized spacial score (nSPS) is 10.3. The molecule has 3 nitrogen and oxygen atoms in total. The van der Waals surface area contributed by atoms with Gasteiger partial charge in [0.2, 0.25) is 0 Å². The molecule has 0 amide bonds. The summed E-state index contributed by atoms with van der Waals surface area (Å²) in [4.78, 5) is 4.23. The summed E-state index contributed by atoms with van der Waals surface area (Å²) < 4.78 is 2.06. The van der Waals surface area contributed by atoms with Gasteiger partial charge < -0.3 is 4.57 Å². The Hall–Kier alpha value is -2.57. The van der Waals surface area contributed by atoms with Gasteiger partial charge in [-0.25, -0.2) is 4.98 Å². The second-order valence-electron chi connectivity index (χ2n) is 4.73. The first-order valence-corrected chi connectivity index (χ1v) is 6.89. The van der Waals surface area contributed by atoms with Gasteiger partial charge in [-0.3, -0.25) is 0 Å². The van der Waals surface area contributed by atoms with E-state index in [9.17, 15) is 0 Å². The third kappa shape index (κ3) is 2.96. The van der Waals surface area contributed by atoms with E-state index in [1.807, 2.05) is 54.7 Å². The minimum absolute atomic E-state index is 0.666. The number of nitrogens with zero attached hydrogens (tertiary/aromatic N) is 3. The average Bonchev–Trinajstić information content (AvgIpc) is 2.96. The number of rotatable bonds is 3. The van der Waals surface area contributed by atoms with Crippen molar-refractivity contribution in [3.63, 3.8) is 0 Å². The van der Waals surface area contributed by atoms with E-state index in [4.69, 9.17) is 16.9 Å². The van der Waals surface area contributed by atoms with Crippen molar-refractivity contribution < 1.29 is 0 Å². The molecule has 0 saturated heterocycles. The second-order valence-corrected chi connectivity index (χ2v) is 5.16. The van der Waals surface area contributed by atoms with Crippen LogP contribution < -0.4 is 0 Å². The maximum Gasteiger partial charge on any atom is 0.0991 e. The molecule has 3 rings (SSSR count). The van der Waals surface area contributed by atoms with Crippen LogP contribution in [-0.2, 0) is 6.54 Å². The zero-order valence-corrected chi connectivity index (χ0v) is 12.0. The van der Waals surface area contributed by atoms with Crippen molar-refractivity contribution in [1.82, 2.24) is 9.55 Å².